The minimum atomic E-state index is -3.41. The predicted molar refractivity (Wildman–Crippen MR) is 59.8 cm³/mol. The summed E-state index contributed by atoms with van der Waals surface area (Å²) in [5.41, 5.74) is -0.961. The Hall–Kier alpha value is 0.210. The fourth-order valence-corrected chi connectivity index (χ4v) is 4.80. The van der Waals surface area contributed by atoms with E-state index in [0.717, 1.165) is 0 Å². The monoisotopic (exact) mass is 257 g/mol. The summed E-state index contributed by atoms with van der Waals surface area (Å²) in [6.45, 7) is 7.42. The van der Waals surface area contributed by atoms with Gasteiger partial charge >= 0.3 is 21.0 Å². The van der Waals surface area contributed by atoms with Crippen molar-refractivity contribution in [3.8, 4) is 0 Å². The highest BCUT2D eigenvalue weighted by atomic mass is 31.2. The van der Waals surface area contributed by atoms with Gasteiger partial charge in [-0.2, -0.15) is 0 Å². The standard InChI is InChI=1S/C8H19O5P2/c1-5-11-8(14(4)9)15(10,12-6-2)13-7-3/h8H,5-7H2,1-4H3/q+1. The summed E-state index contributed by atoms with van der Waals surface area (Å²) in [5, 5.41) is 0. The molecule has 0 spiro atoms. The van der Waals surface area contributed by atoms with Crippen LogP contribution in [0, 0.1) is 0 Å². The Bertz CT molecular complexity index is 233. The Labute approximate surface area is 91.8 Å². The van der Waals surface area contributed by atoms with Gasteiger partial charge in [0.1, 0.15) is 6.66 Å². The van der Waals surface area contributed by atoms with Crippen LogP contribution in [0.5, 0.6) is 0 Å². The van der Waals surface area contributed by atoms with Gasteiger partial charge in [-0.3, -0.25) is 4.57 Å². The van der Waals surface area contributed by atoms with Crippen molar-refractivity contribution in [2.75, 3.05) is 26.5 Å². The molecule has 0 saturated heterocycles. The van der Waals surface area contributed by atoms with Crippen molar-refractivity contribution in [2.24, 2.45) is 0 Å². The Morgan fingerprint density at radius 2 is 1.60 bits per heavy atom. The molecule has 2 atom stereocenters. The van der Waals surface area contributed by atoms with Gasteiger partial charge in [0.25, 0.3) is 0 Å². The van der Waals surface area contributed by atoms with Crippen molar-refractivity contribution < 1.29 is 22.9 Å². The maximum Gasteiger partial charge on any atom is 0.409 e. The van der Waals surface area contributed by atoms with Crippen molar-refractivity contribution in [1.82, 2.24) is 0 Å². The van der Waals surface area contributed by atoms with Crippen molar-refractivity contribution in [1.29, 1.82) is 0 Å². The SMILES string of the molecule is CCOC([P+](C)=O)P(=O)(OCC)OCC. The molecule has 0 aromatic rings. The molecule has 0 aliphatic heterocycles. The molecule has 5 nitrogen and oxygen atoms in total. The van der Waals surface area contributed by atoms with E-state index >= 15 is 0 Å². The summed E-state index contributed by atoms with van der Waals surface area (Å²) in [7, 11) is -5.17. The zero-order chi connectivity index (χ0) is 11.9. The smallest absolute Gasteiger partial charge is 0.326 e. The highest BCUT2D eigenvalue weighted by Crippen LogP contribution is 2.60. The van der Waals surface area contributed by atoms with E-state index < -0.39 is 21.0 Å². The maximum absolute atomic E-state index is 12.2. The molecule has 0 aromatic heterocycles. The Balaban J connectivity index is 4.81. The molecule has 0 radical (unpaired) electrons. The third-order valence-corrected chi connectivity index (χ3v) is 6.04. The normalized spacial score (nSPS) is 15.1. The predicted octanol–water partition coefficient (Wildman–Crippen LogP) is 3.03. The van der Waals surface area contributed by atoms with Crippen LogP contribution in [0.3, 0.4) is 0 Å². The lowest BCUT2D eigenvalue weighted by Gasteiger charge is -2.18. The van der Waals surface area contributed by atoms with E-state index in [1.165, 1.54) is 6.66 Å². The summed E-state index contributed by atoms with van der Waals surface area (Å²) >= 11 is 0. The second kappa shape index (κ2) is 7.48. The van der Waals surface area contributed by atoms with Gasteiger partial charge in [-0.05, 0) is 20.8 Å². The average Bonchev–Trinajstić information content (AvgIpc) is 2.14. The molecular weight excluding hydrogens is 238 g/mol. The topological polar surface area (TPSA) is 61.8 Å². The fourth-order valence-electron chi connectivity index (χ4n) is 1.07. The highest BCUT2D eigenvalue weighted by molar-refractivity contribution is 7.68. The molecule has 0 rings (SSSR count). The Kier molecular flexibility index (Phi) is 7.58. The van der Waals surface area contributed by atoms with Crippen molar-refractivity contribution in [3.63, 3.8) is 0 Å². The van der Waals surface area contributed by atoms with E-state index in [1.54, 1.807) is 20.8 Å². The van der Waals surface area contributed by atoms with Crippen LogP contribution in [0.1, 0.15) is 20.8 Å². The molecular formula is C8H19O5P2+. The molecule has 0 fully saturated rings. The molecule has 0 aliphatic carbocycles. The molecule has 0 aromatic carbocycles. The molecule has 7 heteroatoms. The molecule has 90 valence electrons. The summed E-state index contributed by atoms with van der Waals surface area (Å²) in [5.74, 6) is 0. The van der Waals surface area contributed by atoms with Gasteiger partial charge in [-0.15, -0.1) is 0 Å². The lowest BCUT2D eigenvalue weighted by molar-refractivity contribution is 0.119. The molecule has 0 amide bonds. The van der Waals surface area contributed by atoms with Crippen molar-refractivity contribution >= 4 is 15.4 Å². The van der Waals surface area contributed by atoms with Crippen LogP contribution < -0.4 is 0 Å². The van der Waals surface area contributed by atoms with Gasteiger partial charge in [0.2, 0.25) is 0 Å². The molecule has 0 N–H and O–H groups in total. The Morgan fingerprint density at radius 3 is 1.87 bits per heavy atom. The van der Waals surface area contributed by atoms with Crippen LogP contribution in [-0.2, 0) is 22.9 Å². The molecule has 0 aliphatic rings. The van der Waals surface area contributed by atoms with E-state index in [-0.39, 0.29) is 13.2 Å². The minimum absolute atomic E-state index is 0.240. The average molecular weight is 257 g/mol. The lowest BCUT2D eigenvalue weighted by Crippen LogP contribution is -2.13. The first-order valence-electron chi connectivity index (χ1n) is 4.92. The first kappa shape index (κ1) is 15.2. The third-order valence-electron chi connectivity index (χ3n) is 1.52. The van der Waals surface area contributed by atoms with Gasteiger partial charge < -0.3 is 13.8 Å². The second-order valence-corrected chi connectivity index (χ2v) is 6.74. The van der Waals surface area contributed by atoms with Crippen LogP contribution in [0.15, 0.2) is 0 Å². The van der Waals surface area contributed by atoms with Crippen LogP contribution in [-0.4, -0.2) is 32.1 Å². The highest BCUT2D eigenvalue weighted by Gasteiger charge is 2.48. The molecule has 15 heavy (non-hydrogen) atoms. The maximum atomic E-state index is 12.2. The quantitative estimate of drug-likeness (QED) is 0.625. The van der Waals surface area contributed by atoms with Gasteiger partial charge in [0.15, 0.2) is 0 Å². The minimum Gasteiger partial charge on any atom is -0.326 e. The summed E-state index contributed by atoms with van der Waals surface area (Å²) in [6, 6.07) is 0. The number of rotatable bonds is 8. The van der Waals surface area contributed by atoms with Crippen molar-refractivity contribution in [3.05, 3.63) is 0 Å². The van der Waals surface area contributed by atoms with Crippen LogP contribution >= 0.6 is 15.4 Å². The van der Waals surface area contributed by atoms with E-state index in [4.69, 9.17) is 13.8 Å². The first-order valence-corrected chi connectivity index (χ1v) is 8.30. The molecule has 0 heterocycles. The van der Waals surface area contributed by atoms with Gasteiger partial charge in [0.05, 0.1) is 13.2 Å². The van der Waals surface area contributed by atoms with E-state index in [2.05, 4.69) is 0 Å². The summed E-state index contributed by atoms with van der Waals surface area (Å²) in [6.07, 6.45) is 0. The van der Waals surface area contributed by atoms with Crippen molar-refractivity contribution in [2.45, 2.75) is 26.4 Å². The zero-order valence-corrected chi connectivity index (χ0v) is 11.4. The summed E-state index contributed by atoms with van der Waals surface area (Å²) in [4.78, 5) is 0. The third kappa shape index (κ3) is 4.71. The second-order valence-electron chi connectivity index (χ2n) is 2.70. The Morgan fingerprint density at radius 1 is 1.13 bits per heavy atom. The summed E-state index contributed by atoms with van der Waals surface area (Å²) < 4.78 is 38.9. The van der Waals surface area contributed by atoms with E-state index in [1.807, 2.05) is 0 Å². The number of ether oxygens (including phenoxy) is 1. The largest absolute Gasteiger partial charge is 0.409 e. The van der Waals surface area contributed by atoms with Crippen LogP contribution in [0.25, 0.3) is 0 Å². The van der Waals surface area contributed by atoms with Gasteiger partial charge in [-0.25, -0.2) is 0 Å². The van der Waals surface area contributed by atoms with Gasteiger partial charge in [0, 0.05) is 6.61 Å². The van der Waals surface area contributed by atoms with E-state index in [0.29, 0.717) is 6.61 Å². The number of hydrogen-bond donors (Lipinski definition) is 0. The first-order chi connectivity index (χ1) is 7.01. The molecule has 2 unspecified atom stereocenters. The van der Waals surface area contributed by atoms with Crippen LogP contribution in [0.4, 0.5) is 0 Å². The van der Waals surface area contributed by atoms with Crippen LogP contribution in [0.2, 0.25) is 0 Å². The zero-order valence-electron chi connectivity index (χ0n) is 9.63. The van der Waals surface area contributed by atoms with Gasteiger partial charge in [-0.1, -0.05) is 4.57 Å². The molecule has 0 saturated carbocycles. The fraction of sp³-hybridized carbons (Fsp3) is 1.00. The number of hydrogen-bond acceptors (Lipinski definition) is 5. The lowest BCUT2D eigenvalue weighted by atomic mass is 10.9. The molecule has 0 bridgehead atoms. The van der Waals surface area contributed by atoms with E-state index in [9.17, 15) is 9.13 Å².